The summed E-state index contributed by atoms with van der Waals surface area (Å²) >= 11 is 0. The Balaban J connectivity index is 1.92. The number of nitrogens with zero attached hydrogens (tertiary/aromatic N) is 1. The number of aromatic nitrogens is 1. The molecular weight excluding hydrogens is 238 g/mol. The Hall–Kier alpha value is -1.29. The van der Waals surface area contributed by atoms with Gasteiger partial charge in [0, 0.05) is 13.1 Å². The van der Waals surface area contributed by atoms with Gasteiger partial charge in [0.25, 0.3) is 0 Å². The van der Waals surface area contributed by atoms with Crippen molar-refractivity contribution < 1.29 is 5.11 Å². The van der Waals surface area contributed by atoms with E-state index in [2.05, 4.69) is 22.5 Å². The van der Waals surface area contributed by atoms with Crippen LogP contribution in [0.2, 0.25) is 0 Å². The van der Waals surface area contributed by atoms with Gasteiger partial charge in [0.1, 0.15) is 11.6 Å². The van der Waals surface area contributed by atoms with E-state index in [4.69, 9.17) is 0 Å². The molecule has 1 heterocycles. The first-order valence-electron chi connectivity index (χ1n) is 7.28. The minimum atomic E-state index is -0.576. The molecule has 0 saturated heterocycles. The van der Waals surface area contributed by atoms with Gasteiger partial charge in [0.05, 0.1) is 5.60 Å². The van der Waals surface area contributed by atoms with Crippen LogP contribution in [0, 0.1) is 5.92 Å². The van der Waals surface area contributed by atoms with E-state index in [0.717, 1.165) is 37.4 Å². The lowest BCUT2D eigenvalue weighted by Crippen LogP contribution is -2.41. The van der Waals surface area contributed by atoms with Gasteiger partial charge in [0.2, 0.25) is 0 Å². The normalized spacial score (nSPS) is 27.0. The lowest BCUT2D eigenvalue weighted by molar-refractivity contribution is -0.000824. The maximum atomic E-state index is 10.6. The molecule has 0 radical (unpaired) electrons. The third kappa shape index (κ3) is 4.10. The van der Waals surface area contributed by atoms with Gasteiger partial charge in [0.15, 0.2) is 0 Å². The number of hydrogen-bond acceptors (Lipinski definition) is 4. The summed E-state index contributed by atoms with van der Waals surface area (Å²) in [5, 5.41) is 17.0. The average molecular weight is 263 g/mol. The van der Waals surface area contributed by atoms with E-state index in [1.165, 1.54) is 6.42 Å². The summed E-state index contributed by atoms with van der Waals surface area (Å²) in [6.07, 6.45) is 4.12. The Kier molecular flexibility index (Phi) is 4.64. The topological polar surface area (TPSA) is 57.2 Å². The van der Waals surface area contributed by atoms with Crippen LogP contribution in [0.1, 0.15) is 39.5 Å². The van der Waals surface area contributed by atoms with Crippen molar-refractivity contribution >= 4 is 11.6 Å². The smallest absolute Gasteiger partial charge is 0.128 e. The molecule has 4 heteroatoms. The van der Waals surface area contributed by atoms with Crippen LogP contribution in [-0.2, 0) is 0 Å². The number of nitrogens with one attached hydrogen (secondary N) is 2. The molecule has 0 aliphatic heterocycles. The van der Waals surface area contributed by atoms with Crippen molar-refractivity contribution in [3.8, 4) is 0 Å². The molecule has 0 aromatic carbocycles. The van der Waals surface area contributed by atoms with Crippen LogP contribution in [0.3, 0.4) is 0 Å². The number of anilines is 2. The van der Waals surface area contributed by atoms with Crippen molar-refractivity contribution in [2.45, 2.75) is 45.1 Å². The quantitative estimate of drug-likeness (QED) is 0.764. The van der Waals surface area contributed by atoms with Crippen LogP contribution in [-0.4, -0.2) is 28.8 Å². The highest BCUT2D eigenvalue weighted by atomic mass is 16.3. The van der Waals surface area contributed by atoms with Crippen molar-refractivity contribution in [2.75, 3.05) is 23.7 Å². The van der Waals surface area contributed by atoms with Gasteiger partial charge < -0.3 is 15.7 Å². The molecule has 106 valence electrons. The van der Waals surface area contributed by atoms with Gasteiger partial charge in [-0.3, -0.25) is 0 Å². The minimum Gasteiger partial charge on any atom is -0.388 e. The molecule has 1 saturated carbocycles. The molecule has 3 N–H and O–H groups in total. The molecule has 2 atom stereocenters. The summed E-state index contributed by atoms with van der Waals surface area (Å²) in [5.41, 5.74) is -0.576. The van der Waals surface area contributed by atoms with E-state index in [1.54, 1.807) is 0 Å². The SMILES string of the molecule is CCNc1cccc(NCC2(O)CCCC(C)C2)n1. The Morgan fingerprint density at radius 2 is 2.11 bits per heavy atom. The zero-order valence-electron chi connectivity index (χ0n) is 11.9. The number of aliphatic hydroxyl groups is 1. The molecule has 1 fully saturated rings. The second-order valence-electron chi connectivity index (χ2n) is 5.72. The Labute approximate surface area is 115 Å². The first-order chi connectivity index (χ1) is 9.11. The van der Waals surface area contributed by atoms with Crippen molar-refractivity contribution in [3.63, 3.8) is 0 Å². The maximum absolute atomic E-state index is 10.6. The van der Waals surface area contributed by atoms with E-state index in [1.807, 2.05) is 25.1 Å². The summed E-state index contributed by atoms with van der Waals surface area (Å²) in [7, 11) is 0. The third-order valence-electron chi connectivity index (χ3n) is 3.77. The van der Waals surface area contributed by atoms with Crippen molar-refractivity contribution in [1.82, 2.24) is 4.98 Å². The zero-order valence-corrected chi connectivity index (χ0v) is 11.9. The molecule has 0 amide bonds. The molecule has 2 rings (SSSR count). The Morgan fingerprint density at radius 1 is 1.37 bits per heavy atom. The van der Waals surface area contributed by atoms with Crippen LogP contribution in [0.25, 0.3) is 0 Å². The molecule has 2 unspecified atom stereocenters. The van der Waals surface area contributed by atoms with E-state index >= 15 is 0 Å². The van der Waals surface area contributed by atoms with Crippen molar-refractivity contribution in [1.29, 1.82) is 0 Å². The van der Waals surface area contributed by atoms with E-state index in [-0.39, 0.29) is 0 Å². The molecule has 1 aromatic rings. The number of hydrogen-bond donors (Lipinski definition) is 3. The van der Waals surface area contributed by atoms with Crippen molar-refractivity contribution in [2.24, 2.45) is 5.92 Å². The fourth-order valence-electron chi connectivity index (χ4n) is 2.86. The second kappa shape index (κ2) is 6.24. The Morgan fingerprint density at radius 3 is 2.79 bits per heavy atom. The third-order valence-corrected chi connectivity index (χ3v) is 3.77. The lowest BCUT2D eigenvalue weighted by Gasteiger charge is -2.35. The van der Waals surface area contributed by atoms with Crippen LogP contribution in [0.15, 0.2) is 18.2 Å². The van der Waals surface area contributed by atoms with Gasteiger partial charge >= 0.3 is 0 Å². The molecule has 0 spiro atoms. The summed E-state index contributed by atoms with van der Waals surface area (Å²) in [4.78, 5) is 4.46. The predicted molar refractivity (Wildman–Crippen MR) is 79.5 cm³/mol. The van der Waals surface area contributed by atoms with Gasteiger partial charge in [-0.25, -0.2) is 4.98 Å². The largest absolute Gasteiger partial charge is 0.388 e. The van der Waals surface area contributed by atoms with Crippen molar-refractivity contribution in [3.05, 3.63) is 18.2 Å². The minimum absolute atomic E-state index is 0.576. The van der Waals surface area contributed by atoms with Gasteiger partial charge in [-0.1, -0.05) is 25.8 Å². The maximum Gasteiger partial charge on any atom is 0.128 e. The number of rotatable bonds is 5. The predicted octanol–water partition coefficient (Wildman–Crippen LogP) is 2.87. The molecule has 0 bridgehead atoms. The summed E-state index contributed by atoms with van der Waals surface area (Å²) in [6.45, 7) is 5.71. The van der Waals surface area contributed by atoms with Gasteiger partial charge in [-0.05, 0) is 37.8 Å². The van der Waals surface area contributed by atoms with Gasteiger partial charge in [-0.15, -0.1) is 0 Å². The van der Waals surface area contributed by atoms with Crippen LogP contribution in [0.4, 0.5) is 11.6 Å². The monoisotopic (exact) mass is 263 g/mol. The molecule has 19 heavy (non-hydrogen) atoms. The lowest BCUT2D eigenvalue weighted by atomic mass is 9.79. The van der Waals surface area contributed by atoms with Crippen LogP contribution < -0.4 is 10.6 Å². The zero-order chi connectivity index (χ0) is 13.7. The van der Waals surface area contributed by atoms with Gasteiger partial charge in [-0.2, -0.15) is 0 Å². The highest BCUT2D eigenvalue weighted by molar-refractivity contribution is 5.45. The van der Waals surface area contributed by atoms with E-state index < -0.39 is 5.60 Å². The second-order valence-corrected chi connectivity index (χ2v) is 5.72. The summed E-state index contributed by atoms with van der Waals surface area (Å²) < 4.78 is 0. The standard InChI is InChI=1S/C15H25N3O/c1-3-16-13-7-4-8-14(18-13)17-11-15(19)9-5-6-12(2)10-15/h4,7-8,12,19H,3,5-6,9-11H2,1-2H3,(H2,16,17,18). The van der Waals surface area contributed by atoms with E-state index in [9.17, 15) is 5.11 Å². The summed E-state index contributed by atoms with van der Waals surface area (Å²) in [6, 6.07) is 5.86. The molecule has 1 aromatic heterocycles. The first kappa shape index (κ1) is 14.1. The van der Waals surface area contributed by atoms with E-state index in [0.29, 0.717) is 12.5 Å². The molecular formula is C15H25N3O. The average Bonchev–Trinajstić information content (AvgIpc) is 2.37. The highest BCUT2D eigenvalue weighted by Crippen LogP contribution is 2.32. The van der Waals surface area contributed by atoms with Crippen LogP contribution >= 0.6 is 0 Å². The number of pyridine rings is 1. The fourth-order valence-corrected chi connectivity index (χ4v) is 2.86. The fraction of sp³-hybridized carbons (Fsp3) is 0.667. The highest BCUT2D eigenvalue weighted by Gasteiger charge is 2.32. The molecule has 1 aliphatic carbocycles. The van der Waals surface area contributed by atoms with Crippen LogP contribution in [0.5, 0.6) is 0 Å². The first-order valence-corrected chi connectivity index (χ1v) is 7.28. The summed E-state index contributed by atoms with van der Waals surface area (Å²) in [5.74, 6) is 2.31. The Bertz CT molecular complexity index is 410. The molecule has 1 aliphatic rings. The molecule has 4 nitrogen and oxygen atoms in total.